The molecule has 0 amide bonds. The van der Waals surface area contributed by atoms with Crippen LogP contribution < -0.4 is 4.74 Å². The third kappa shape index (κ3) is 3.28. The lowest BCUT2D eigenvalue weighted by Crippen LogP contribution is -2.12. The Balaban J connectivity index is 2.04. The van der Waals surface area contributed by atoms with Gasteiger partial charge in [0.2, 0.25) is 0 Å². The minimum Gasteiger partial charge on any atom is -0.485 e. The number of aldehydes is 1. The summed E-state index contributed by atoms with van der Waals surface area (Å²) in [5.74, 6) is 0.446. The highest BCUT2D eigenvalue weighted by Crippen LogP contribution is 2.13. The van der Waals surface area contributed by atoms with Crippen LogP contribution in [-0.4, -0.2) is 18.7 Å². The van der Waals surface area contributed by atoms with Crippen molar-refractivity contribution in [2.45, 2.75) is 6.92 Å². The lowest BCUT2D eigenvalue weighted by molar-refractivity contribution is 0.0921. The Bertz CT molecular complexity index is 602. The Labute approximate surface area is 111 Å². The van der Waals surface area contributed by atoms with Crippen molar-refractivity contribution >= 4 is 12.1 Å². The van der Waals surface area contributed by atoms with Crippen LogP contribution in [0.1, 0.15) is 26.3 Å². The maximum atomic E-state index is 12.0. The van der Waals surface area contributed by atoms with Crippen LogP contribution in [0.2, 0.25) is 0 Å². The second kappa shape index (κ2) is 5.96. The number of hydrogen-bond donors (Lipinski definition) is 0. The van der Waals surface area contributed by atoms with E-state index in [4.69, 9.17) is 4.74 Å². The van der Waals surface area contributed by atoms with Gasteiger partial charge in [-0.1, -0.05) is 36.4 Å². The predicted octanol–water partition coefficient (Wildman–Crippen LogP) is 3.07. The maximum Gasteiger partial charge on any atom is 0.200 e. The number of aryl methyl sites for hydroxylation is 1. The molecule has 2 aromatic carbocycles. The van der Waals surface area contributed by atoms with Gasteiger partial charge in [-0.3, -0.25) is 9.59 Å². The van der Waals surface area contributed by atoms with Gasteiger partial charge in [0.1, 0.15) is 12.0 Å². The molecule has 0 spiro atoms. The fourth-order valence-corrected chi connectivity index (χ4v) is 1.79. The fraction of sp³-hybridized carbons (Fsp3) is 0.125. The van der Waals surface area contributed by atoms with E-state index in [0.717, 1.165) is 11.8 Å². The van der Waals surface area contributed by atoms with E-state index in [1.807, 2.05) is 25.1 Å². The highest BCUT2D eigenvalue weighted by Gasteiger charge is 2.09. The van der Waals surface area contributed by atoms with Crippen LogP contribution in [0.3, 0.4) is 0 Å². The second-order valence-electron chi connectivity index (χ2n) is 4.22. The molecule has 0 aliphatic heterocycles. The van der Waals surface area contributed by atoms with E-state index in [1.54, 1.807) is 30.3 Å². The van der Waals surface area contributed by atoms with E-state index < -0.39 is 0 Å². The molecule has 0 aliphatic carbocycles. The van der Waals surface area contributed by atoms with Crippen LogP contribution in [-0.2, 0) is 0 Å². The zero-order valence-electron chi connectivity index (χ0n) is 10.6. The Morgan fingerprint density at radius 3 is 2.68 bits per heavy atom. The molecule has 19 heavy (non-hydrogen) atoms. The number of carbonyl (C=O) groups is 2. The van der Waals surface area contributed by atoms with Crippen LogP contribution in [0.25, 0.3) is 0 Å². The first-order chi connectivity index (χ1) is 9.20. The average Bonchev–Trinajstić information content (AvgIpc) is 2.45. The van der Waals surface area contributed by atoms with Crippen LogP contribution in [0, 0.1) is 6.92 Å². The summed E-state index contributed by atoms with van der Waals surface area (Å²) in [5, 5.41) is 0. The van der Waals surface area contributed by atoms with Gasteiger partial charge in [-0.05, 0) is 24.6 Å². The van der Waals surface area contributed by atoms with Crippen molar-refractivity contribution in [3.63, 3.8) is 0 Å². The Morgan fingerprint density at radius 1 is 1.16 bits per heavy atom. The van der Waals surface area contributed by atoms with Crippen LogP contribution >= 0.6 is 0 Å². The van der Waals surface area contributed by atoms with Crippen molar-refractivity contribution in [3.8, 4) is 5.75 Å². The van der Waals surface area contributed by atoms with Gasteiger partial charge < -0.3 is 4.74 Å². The Morgan fingerprint density at radius 2 is 1.95 bits per heavy atom. The van der Waals surface area contributed by atoms with Crippen LogP contribution in [0.15, 0.2) is 48.5 Å². The van der Waals surface area contributed by atoms with Crippen molar-refractivity contribution in [2.75, 3.05) is 6.61 Å². The highest BCUT2D eigenvalue weighted by atomic mass is 16.5. The van der Waals surface area contributed by atoms with Crippen LogP contribution in [0.4, 0.5) is 0 Å². The van der Waals surface area contributed by atoms with Gasteiger partial charge in [-0.15, -0.1) is 0 Å². The summed E-state index contributed by atoms with van der Waals surface area (Å²) in [5.41, 5.74) is 2.12. The molecule has 0 atom stereocenters. The first-order valence-corrected chi connectivity index (χ1v) is 5.97. The fourth-order valence-electron chi connectivity index (χ4n) is 1.79. The zero-order chi connectivity index (χ0) is 13.7. The lowest BCUT2D eigenvalue weighted by atomic mass is 10.1. The Kier molecular flexibility index (Phi) is 4.08. The molecular formula is C16H14O3. The molecule has 0 aliphatic rings. The molecule has 3 heteroatoms. The molecule has 0 bridgehead atoms. The minimum atomic E-state index is -0.0744. The van der Waals surface area contributed by atoms with Crippen LogP contribution in [0.5, 0.6) is 5.75 Å². The molecule has 0 unspecified atom stereocenters. The largest absolute Gasteiger partial charge is 0.485 e. The molecular weight excluding hydrogens is 240 g/mol. The summed E-state index contributed by atoms with van der Waals surface area (Å²) < 4.78 is 5.41. The molecule has 0 heterocycles. The molecule has 0 aromatic heterocycles. The first-order valence-electron chi connectivity index (χ1n) is 5.97. The quantitative estimate of drug-likeness (QED) is 0.608. The molecule has 0 fully saturated rings. The van der Waals surface area contributed by atoms with Gasteiger partial charge in [0.25, 0.3) is 0 Å². The minimum absolute atomic E-state index is 0.0346. The van der Waals surface area contributed by atoms with Gasteiger partial charge in [0, 0.05) is 11.1 Å². The van der Waals surface area contributed by atoms with E-state index in [-0.39, 0.29) is 12.4 Å². The third-order valence-electron chi connectivity index (χ3n) is 2.81. The highest BCUT2D eigenvalue weighted by molar-refractivity contribution is 5.98. The van der Waals surface area contributed by atoms with Gasteiger partial charge in [0.05, 0.1) is 0 Å². The monoisotopic (exact) mass is 254 g/mol. The molecule has 96 valence electrons. The smallest absolute Gasteiger partial charge is 0.200 e. The first kappa shape index (κ1) is 13.0. The second-order valence-corrected chi connectivity index (χ2v) is 4.22. The summed E-state index contributed by atoms with van der Waals surface area (Å²) in [7, 11) is 0. The summed E-state index contributed by atoms with van der Waals surface area (Å²) >= 11 is 0. The standard InChI is InChI=1S/C16H14O3/c1-12-5-2-3-8-15(12)16(18)11-19-14-7-4-6-13(9-14)10-17/h2-10H,11H2,1H3. The van der Waals surface area contributed by atoms with Crippen molar-refractivity contribution < 1.29 is 14.3 Å². The van der Waals surface area contributed by atoms with E-state index >= 15 is 0 Å². The number of ketones is 1. The summed E-state index contributed by atoms with van der Waals surface area (Å²) in [6, 6.07) is 14.1. The topological polar surface area (TPSA) is 43.4 Å². The molecule has 0 saturated heterocycles. The predicted molar refractivity (Wildman–Crippen MR) is 72.8 cm³/mol. The van der Waals surface area contributed by atoms with Gasteiger partial charge in [0.15, 0.2) is 12.4 Å². The summed E-state index contributed by atoms with van der Waals surface area (Å²) in [6.45, 7) is 1.85. The summed E-state index contributed by atoms with van der Waals surface area (Å²) in [6.07, 6.45) is 0.746. The molecule has 3 nitrogen and oxygen atoms in total. The van der Waals surface area contributed by atoms with Crippen molar-refractivity contribution in [1.29, 1.82) is 0 Å². The Hall–Kier alpha value is -2.42. The average molecular weight is 254 g/mol. The number of carbonyl (C=O) groups excluding carboxylic acids is 2. The molecule has 0 saturated carbocycles. The molecule has 2 aromatic rings. The number of benzene rings is 2. The molecule has 0 radical (unpaired) electrons. The van der Waals surface area contributed by atoms with Crippen molar-refractivity contribution in [1.82, 2.24) is 0 Å². The lowest BCUT2D eigenvalue weighted by Gasteiger charge is -2.07. The van der Waals surface area contributed by atoms with Gasteiger partial charge >= 0.3 is 0 Å². The number of ether oxygens (including phenoxy) is 1. The summed E-state index contributed by atoms with van der Waals surface area (Å²) in [4.78, 5) is 22.6. The van der Waals surface area contributed by atoms with E-state index in [1.165, 1.54) is 0 Å². The van der Waals surface area contributed by atoms with Gasteiger partial charge in [-0.25, -0.2) is 0 Å². The van der Waals surface area contributed by atoms with Gasteiger partial charge in [-0.2, -0.15) is 0 Å². The number of hydrogen-bond acceptors (Lipinski definition) is 3. The SMILES string of the molecule is Cc1ccccc1C(=O)COc1cccc(C=O)c1. The number of rotatable bonds is 5. The van der Waals surface area contributed by atoms with E-state index in [2.05, 4.69) is 0 Å². The van der Waals surface area contributed by atoms with Crippen molar-refractivity contribution in [2.24, 2.45) is 0 Å². The molecule has 2 rings (SSSR count). The zero-order valence-corrected chi connectivity index (χ0v) is 10.6. The van der Waals surface area contributed by atoms with Crippen molar-refractivity contribution in [3.05, 3.63) is 65.2 Å². The molecule has 0 N–H and O–H groups in total. The maximum absolute atomic E-state index is 12.0. The normalized spacial score (nSPS) is 9.95. The number of Topliss-reactive ketones (excluding diaryl/α,β-unsaturated/α-hetero) is 1. The van der Waals surface area contributed by atoms with E-state index in [0.29, 0.717) is 16.9 Å². The third-order valence-corrected chi connectivity index (χ3v) is 2.81. The van der Waals surface area contributed by atoms with E-state index in [9.17, 15) is 9.59 Å².